The van der Waals surface area contributed by atoms with Crippen LogP contribution in [0, 0.1) is 6.92 Å². The first-order valence-corrected chi connectivity index (χ1v) is 10.9. The van der Waals surface area contributed by atoms with E-state index in [9.17, 15) is 9.59 Å². The number of hydrogen-bond acceptors (Lipinski definition) is 4. The normalized spacial score (nSPS) is 21.9. The number of nitrogens with one attached hydrogen (secondary N) is 1. The van der Waals surface area contributed by atoms with Crippen LogP contribution in [-0.2, 0) is 16.1 Å². The van der Waals surface area contributed by atoms with Crippen molar-refractivity contribution in [1.29, 1.82) is 0 Å². The van der Waals surface area contributed by atoms with Crippen LogP contribution < -0.4 is 5.32 Å². The number of hydrogen-bond donors (Lipinski definition) is 1. The van der Waals surface area contributed by atoms with Crippen molar-refractivity contribution in [2.45, 2.75) is 83.8 Å². The zero-order valence-electron chi connectivity index (χ0n) is 17.4. The zero-order chi connectivity index (χ0) is 19.9. The fourth-order valence-corrected chi connectivity index (χ4v) is 4.55. The molecular weight excluding hydrogens is 354 g/mol. The molecule has 0 bridgehead atoms. The van der Waals surface area contributed by atoms with Gasteiger partial charge in [0.05, 0.1) is 19.0 Å². The van der Waals surface area contributed by atoms with Crippen molar-refractivity contribution in [3.63, 3.8) is 0 Å². The number of furan rings is 1. The van der Waals surface area contributed by atoms with Gasteiger partial charge in [0, 0.05) is 25.7 Å². The average molecular weight is 390 g/mol. The Kier molecular flexibility index (Phi) is 7.54. The summed E-state index contributed by atoms with van der Waals surface area (Å²) in [5.41, 5.74) is 0. The SMILES string of the molecule is CCCN(C(=O)C[C@H]1C(=O)NCCN1Cc1ccc(C)o1)C1CCCCCC1. The van der Waals surface area contributed by atoms with E-state index >= 15 is 0 Å². The van der Waals surface area contributed by atoms with Gasteiger partial charge in [-0.25, -0.2) is 0 Å². The molecule has 1 saturated heterocycles. The highest BCUT2D eigenvalue weighted by Crippen LogP contribution is 2.24. The largest absolute Gasteiger partial charge is 0.465 e. The van der Waals surface area contributed by atoms with Gasteiger partial charge in [-0.05, 0) is 38.3 Å². The lowest BCUT2D eigenvalue weighted by atomic mass is 10.0. The molecule has 1 saturated carbocycles. The van der Waals surface area contributed by atoms with E-state index in [-0.39, 0.29) is 18.2 Å². The number of carbonyl (C=O) groups is 2. The van der Waals surface area contributed by atoms with Crippen LogP contribution in [0.25, 0.3) is 0 Å². The van der Waals surface area contributed by atoms with Crippen LogP contribution in [-0.4, -0.2) is 53.3 Å². The van der Waals surface area contributed by atoms with Gasteiger partial charge in [0.25, 0.3) is 0 Å². The van der Waals surface area contributed by atoms with E-state index in [0.29, 0.717) is 19.1 Å². The summed E-state index contributed by atoms with van der Waals surface area (Å²) < 4.78 is 5.70. The average Bonchev–Trinajstić information content (AvgIpc) is 2.92. The van der Waals surface area contributed by atoms with Gasteiger partial charge in [-0.1, -0.05) is 32.6 Å². The summed E-state index contributed by atoms with van der Waals surface area (Å²) in [5, 5.41) is 2.94. The summed E-state index contributed by atoms with van der Waals surface area (Å²) in [6, 6.07) is 3.81. The van der Waals surface area contributed by atoms with Crippen molar-refractivity contribution in [2.24, 2.45) is 0 Å². The van der Waals surface area contributed by atoms with Gasteiger partial charge in [-0.15, -0.1) is 0 Å². The minimum atomic E-state index is -0.420. The number of piperazine rings is 1. The van der Waals surface area contributed by atoms with Crippen molar-refractivity contribution in [3.05, 3.63) is 23.7 Å². The Morgan fingerprint density at radius 2 is 2.00 bits per heavy atom. The second-order valence-electron chi connectivity index (χ2n) is 8.23. The smallest absolute Gasteiger partial charge is 0.237 e. The molecule has 0 unspecified atom stereocenters. The number of rotatable bonds is 7. The molecule has 1 aliphatic carbocycles. The predicted molar refractivity (Wildman–Crippen MR) is 109 cm³/mol. The fraction of sp³-hybridized carbons (Fsp3) is 0.727. The number of nitrogens with zero attached hydrogens (tertiary/aromatic N) is 2. The van der Waals surface area contributed by atoms with Crippen LogP contribution in [0.1, 0.15) is 69.8 Å². The van der Waals surface area contributed by atoms with Crippen molar-refractivity contribution in [3.8, 4) is 0 Å². The molecule has 6 nitrogen and oxygen atoms in total. The molecule has 0 spiro atoms. The van der Waals surface area contributed by atoms with Crippen molar-refractivity contribution < 1.29 is 14.0 Å². The Bertz CT molecular complexity index is 649. The molecule has 0 aromatic carbocycles. The second kappa shape index (κ2) is 10.1. The molecule has 6 heteroatoms. The quantitative estimate of drug-likeness (QED) is 0.727. The molecule has 1 aromatic rings. The first-order chi connectivity index (χ1) is 13.6. The summed E-state index contributed by atoms with van der Waals surface area (Å²) in [6.45, 7) is 6.75. The minimum absolute atomic E-state index is 0.0415. The number of amides is 2. The molecule has 28 heavy (non-hydrogen) atoms. The third-order valence-electron chi connectivity index (χ3n) is 6.01. The summed E-state index contributed by atoms with van der Waals surface area (Å²) >= 11 is 0. The molecule has 2 heterocycles. The monoisotopic (exact) mass is 389 g/mol. The van der Waals surface area contributed by atoms with Crippen LogP contribution in [0.5, 0.6) is 0 Å². The van der Waals surface area contributed by atoms with Crippen molar-refractivity contribution in [2.75, 3.05) is 19.6 Å². The van der Waals surface area contributed by atoms with E-state index in [2.05, 4.69) is 22.0 Å². The standard InChI is InChI=1S/C22H35N3O3/c1-3-13-25(18-8-6-4-5-7-9-18)21(26)15-20-22(27)23-12-14-24(20)16-19-11-10-17(2)28-19/h10-11,18,20H,3-9,12-16H2,1-2H3,(H,23,27)/t20-/m0/s1. The molecule has 1 N–H and O–H groups in total. The highest BCUT2D eigenvalue weighted by atomic mass is 16.3. The van der Waals surface area contributed by atoms with Gasteiger partial charge >= 0.3 is 0 Å². The Balaban J connectivity index is 1.68. The Labute approximate surface area is 168 Å². The molecule has 1 aromatic heterocycles. The summed E-state index contributed by atoms with van der Waals surface area (Å²) in [5.74, 6) is 1.79. The van der Waals surface area contributed by atoms with Gasteiger partial charge < -0.3 is 14.6 Å². The maximum atomic E-state index is 13.3. The topological polar surface area (TPSA) is 65.8 Å². The van der Waals surface area contributed by atoms with E-state index in [4.69, 9.17) is 4.42 Å². The molecule has 0 radical (unpaired) electrons. The van der Waals surface area contributed by atoms with Crippen molar-refractivity contribution >= 4 is 11.8 Å². The molecule has 3 rings (SSSR count). The van der Waals surface area contributed by atoms with Crippen LogP contribution in [0.3, 0.4) is 0 Å². The predicted octanol–water partition coefficient (Wildman–Crippen LogP) is 3.24. The van der Waals surface area contributed by atoms with Gasteiger partial charge in [-0.3, -0.25) is 14.5 Å². The van der Waals surface area contributed by atoms with E-state index < -0.39 is 6.04 Å². The molecule has 1 atom stereocenters. The first kappa shape index (κ1) is 20.9. The van der Waals surface area contributed by atoms with Gasteiger partial charge in [0.2, 0.25) is 11.8 Å². The lowest BCUT2D eigenvalue weighted by Gasteiger charge is -2.37. The Morgan fingerprint density at radius 3 is 2.64 bits per heavy atom. The Hall–Kier alpha value is -1.82. The second-order valence-corrected chi connectivity index (χ2v) is 8.23. The molecule has 1 aliphatic heterocycles. The molecule has 2 amide bonds. The molecular formula is C22H35N3O3. The first-order valence-electron chi connectivity index (χ1n) is 10.9. The Morgan fingerprint density at radius 1 is 1.25 bits per heavy atom. The van der Waals surface area contributed by atoms with Crippen LogP contribution >= 0.6 is 0 Å². The molecule has 2 fully saturated rings. The zero-order valence-corrected chi connectivity index (χ0v) is 17.4. The highest BCUT2D eigenvalue weighted by Gasteiger charge is 2.34. The summed E-state index contributed by atoms with van der Waals surface area (Å²) in [7, 11) is 0. The maximum absolute atomic E-state index is 13.3. The van der Waals surface area contributed by atoms with E-state index in [1.54, 1.807) is 0 Å². The maximum Gasteiger partial charge on any atom is 0.237 e. The fourth-order valence-electron chi connectivity index (χ4n) is 4.55. The lowest BCUT2D eigenvalue weighted by molar-refractivity contribution is -0.141. The highest BCUT2D eigenvalue weighted by molar-refractivity contribution is 5.89. The summed E-state index contributed by atoms with van der Waals surface area (Å²) in [6.07, 6.45) is 8.34. The summed E-state index contributed by atoms with van der Waals surface area (Å²) in [4.78, 5) is 30.0. The number of carbonyl (C=O) groups excluding carboxylic acids is 2. The van der Waals surface area contributed by atoms with Gasteiger partial charge in [0.1, 0.15) is 11.5 Å². The van der Waals surface area contributed by atoms with Crippen LogP contribution in [0.4, 0.5) is 0 Å². The minimum Gasteiger partial charge on any atom is -0.465 e. The van der Waals surface area contributed by atoms with Gasteiger partial charge in [0.15, 0.2) is 0 Å². The number of aryl methyl sites for hydroxylation is 1. The van der Waals surface area contributed by atoms with E-state index in [1.165, 1.54) is 25.7 Å². The lowest BCUT2D eigenvalue weighted by Crippen LogP contribution is -2.56. The third-order valence-corrected chi connectivity index (χ3v) is 6.01. The van der Waals surface area contributed by atoms with Crippen LogP contribution in [0.15, 0.2) is 16.5 Å². The van der Waals surface area contributed by atoms with E-state index in [1.807, 2.05) is 19.1 Å². The van der Waals surface area contributed by atoms with Crippen LogP contribution in [0.2, 0.25) is 0 Å². The van der Waals surface area contributed by atoms with Crippen molar-refractivity contribution in [1.82, 2.24) is 15.1 Å². The van der Waals surface area contributed by atoms with E-state index in [0.717, 1.165) is 43.9 Å². The third kappa shape index (κ3) is 5.37. The van der Waals surface area contributed by atoms with Gasteiger partial charge in [-0.2, -0.15) is 0 Å². The molecule has 156 valence electrons. The molecule has 2 aliphatic rings.